The largest absolute Gasteiger partial charge is 0.354 e. The molecule has 0 saturated carbocycles. The Kier molecular flexibility index (Phi) is 8.97. The summed E-state index contributed by atoms with van der Waals surface area (Å²) in [5, 5.41) is 15.9. The molecule has 9 heteroatoms. The first-order chi connectivity index (χ1) is 13.0. The molecule has 154 valence electrons. The van der Waals surface area contributed by atoms with E-state index in [2.05, 4.69) is 42.9 Å². The molecule has 2 N–H and O–H groups in total. The highest BCUT2D eigenvalue weighted by Crippen LogP contribution is 2.16. The summed E-state index contributed by atoms with van der Waals surface area (Å²) in [7, 11) is 3.77. The Hall–Kier alpha value is -1.39. The monoisotopic (exact) mass is 517 g/mol. The Morgan fingerprint density at radius 3 is 2.46 bits per heavy atom. The number of rotatable bonds is 5. The Balaban J connectivity index is 0.00000280. The number of benzene rings is 1. The maximum atomic E-state index is 5.96. The highest BCUT2D eigenvalue weighted by molar-refractivity contribution is 14.0. The van der Waals surface area contributed by atoms with E-state index in [1.807, 2.05) is 30.7 Å². The Morgan fingerprint density at radius 2 is 1.89 bits per heavy atom. The first-order valence-corrected chi connectivity index (χ1v) is 9.72. The number of nitrogens with one attached hydrogen (secondary N) is 2. The number of piperidine rings is 1. The van der Waals surface area contributed by atoms with E-state index in [9.17, 15) is 0 Å². The fourth-order valence-corrected chi connectivity index (χ4v) is 3.37. The van der Waals surface area contributed by atoms with Gasteiger partial charge in [0.2, 0.25) is 0 Å². The van der Waals surface area contributed by atoms with Gasteiger partial charge >= 0.3 is 0 Å². The van der Waals surface area contributed by atoms with Crippen LogP contribution in [0.1, 0.15) is 30.1 Å². The minimum Gasteiger partial charge on any atom is -0.354 e. The molecule has 0 bridgehead atoms. The van der Waals surface area contributed by atoms with Crippen molar-refractivity contribution < 1.29 is 0 Å². The molecule has 0 atom stereocenters. The molecular formula is C19H29ClIN7. The van der Waals surface area contributed by atoms with Gasteiger partial charge in [-0.3, -0.25) is 9.89 Å². The SMILES string of the molecule is CN=C(NCc1nnc(C)n1C)NC1CCN(Cc2ccc(Cl)cc2)CC1.I. The van der Waals surface area contributed by atoms with Crippen molar-refractivity contribution in [3.8, 4) is 0 Å². The number of aliphatic imine (C=N–C) groups is 1. The van der Waals surface area contributed by atoms with Crippen LogP contribution in [0.15, 0.2) is 29.3 Å². The smallest absolute Gasteiger partial charge is 0.191 e. The number of aromatic nitrogens is 3. The summed E-state index contributed by atoms with van der Waals surface area (Å²) in [5.74, 6) is 2.61. The van der Waals surface area contributed by atoms with Crippen LogP contribution in [0.2, 0.25) is 5.02 Å². The van der Waals surface area contributed by atoms with Gasteiger partial charge in [-0.1, -0.05) is 23.7 Å². The average Bonchev–Trinajstić information content (AvgIpc) is 3.00. The van der Waals surface area contributed by atoms with Crippen LogP contribution < -0.4 is 10.6 Å². The normalized spacial score (nSPS) is 15.9. The molecule has 1 aliphatic heterocycles. The average molecular weight is 518 g/mol. The Labute approximate surface area is 189 Å². The summed E-state index contributed by atoms with van der Waals surface area (Å²) < 4.78 is 1.98. The predicted octanol–water partition coefficient (Wildman–Crippen LogP) is 2.72. The molecule has 7 nitrogen and oxygen atoms in total. The van der Waals surface area contributed by atoms with Gasteiger partial charge < -0.3 is 15.2 Å². The molecule has 1 aromatic heterocycles. The van der Waals surface area contributed by atoms with E-state index in [0.717, 1.165) is 55.1 Å². The highest BCUT2D eigenvalue weighted by Gasteiger charge is 2.20. The van der Waals surface area contributed by atoms with Gasteiger partial charge in [0.05, 0.1) is 6.54 Å². The number of halogens is 2. The number of aryl methyl sites for hydroxylation is 1. The van der Waals surface area contributed by atoms with E-state index in [1.54, 1.807) is 7.05 Å². The van der Waals surface area contributed by atoms with Crippen molar-refractivity contribution in [3.05, 3.63) is 46.5 Å². The lowest BCUT2D eigenvalue weighted by Crippen LogP contribution is -2.48. The summed E-state index contributed by atoms with van der Waals surface area (Å²) in [6.07, 6.45) is 2.19. The van der Waals surface area contributed by atoms with Gasteiger partial charge in [-0.25, -0.2) is 0 Å². The lowest BCUT2D eigenvalue weighted by Gasteiger charge is -2.33. The van der Waals surface area contributed by atoms with Crippen LogP contribution in [0.3, 0.4) is 0 Å². The summed E-state index contributed by atoms with van der Waals surface area (Å²) in [5.41, 5.74) is 1.31. The van der Waals surface area contributed by atoms with Crippen molar-refractivity contribution in [2.24, 2.45) is 12.0 Å². The molecule has 2 aromatic rings. The molecule has 3 rings (SSSR count). The molecule has 0 amide bonds. The van der Waals surface area contributed by atoms with Crippen molar-refractivity contribution in [3.63, 3.8) is 0 Å². The van der Waals surface area contributed by atoms with Crippen molar-refractivity contribution in [1.82, 2.24) is 30.3 Å². The van der Waals surface area contributed by atoms with Gasteiger partial charge in [-0.2, -0.15) is 0 Å². The topological polar surface area (TPSA) is 70.4 Å². The van der Waals surface area contributed by atoms with Crippen LogP contribution in [0.5, 0.6) is 0 Å². The van der Waals surface area contributed by atoms with Crippen molar-refractivity contribution in [1.29, 1.82) is 0 Å². The van der Waals surface area contributed by atoms with E-state index in [-0.39, 0.29) is 24.0 Å². The second-order valence-corrected chi connectivity index (χ2v) is 7.41. The molecule has 0 unspecified atom stereocenters. The van der Waals surface area contributed by atoms with E-state index in [1.165, 1.54) is 5.56 Å². The van der Waals surface area contributed by atoms with E-state index < -0.39 is 0 Å². The molecule has 1 aliphatic rings. The minimum absolute atomic E-state index is 0. The van der Waals surface area contributed by atoms with Gasteiger partial charge in [0.1, 0.15) is 5.82 Å². The summed E-state index contributed by atoms with van der Waals surface area (Å²) in [6, 6.07) is 8.55. The van der Waals surface area contributed by atoms with E-state index >= 15 is 0 Å². The van der Waals surface area contributed by atoms with Crippen molar-refractivity contribution >= 4 is 41.5 Å². The first kappa shape index (κ1) is 22.9. The standard InChI is InChI=1S/C19H28ClN7.HI/c1-14-24-25-18(26(14)3)12-22-19(21-2)23-17-8-10-27(11-9-17)13-15-4-6-16(20)7-5-15;/h4-7,17H,8-13H2,1-3H3,(H2,21,22,23);1H. The van der Waals surface area contributed by atoms with Gasteiger partial charge in [0.25, 0.3) is 0 Å². The van der Waals surface area contributed by atoms with Crippen LogP contribution in [-0.4, -0.2) is 51.8 Å². The van der Waals surface area contributed by atoms with Gasteiger partial charge in [-0.15, -0.1) is 34.2 Å². The van der Waals surface area contributed by atoms with Gasteiger partial charge in [0.15, 0.2) is 11.8 Å². The zero-order chi connectivity index (χ0) is 19.2. The Morgan fingerprint density at radius 1 is 1.21 bits per heavy atom. The van der Waals surface area contributed by atoms with Crippen LogP contribution in [-0.2, 0) is 20.1 Å². The number of hydrogen-bond donors (Lipinski definition) is 2. The number of likely N-dealkylation sites (tertiary alicyclic amines) is 1. The molecule has 2 heterocycles. The lowest BCUT2D eigenvalue weighted by atomic mass is 10.0. The molecule has 28 heavy (non-hydrogen) atoms. The summed E-state index contributed by atoms with van der Waals surface area (Å²) >= 11 is 5.96. The van der Waals surface area contributed by atoms with Crippen LogP contribution >= 0.6 is 35.6 Å². The molecule has 1 saturated heterocycles. The molecule has 1 aromatic carbocycles. The lowest BCUT2D eigenvalue weighted by molar-refractivity contribution is 0.198. The van der Waals surface area contributed by atoms with E-state index in [4.69, 9.17) is 11.6 Å². The molecule has 1 fully saturated rings. The maximum Gasteiger partial charge on any atom is 0.191 e. The second-order valence-electron chi connectivity index (χ2n) is 6.97. The summed E-state index contributed by atoms with van der Waals surface area (Å²) in [6.45, 7) is 5.66. The second kappa shape index (κ2) is 11.0. The highest BCUT2D eigenvalue weighted by atomic mass is 127. The van der Waals surface area contributed by atoms with Crippen molar-refractivity contribution in [2.75, 3.05) is 20.1 Å². The zero-order valence-electron chi connectivity index (χ0n) is 16.7. The molecule has 0 radical (unpaired) electrons. The number of nitrogens with zero attached hydrogens (tertiary/aromatic N) is 5. The van der Waals surface area contributed by atoms with Crippen LogP contribution in [0.25, 0.3) is 0 Å². The molecule has 0 spiro atoms. The van der Waals surface area contributed by atoms with Crippen LogP contribution in [0, 0.1) is 6.92 Å². The Bertz CT molecular complexity index is 767. The number of hydrogen-bond acceptors (Lipinski definition) is 4. The maximum absolute atomic E-state index is 5.96. The van der Waals surface area contributed by atoms with Gasteiger partial charge in [0, 0.05) is 44.8 Å². The molecular weight excluding hydrogens is 489 g/mol. The van der Waals surface area contributed by atoms with Crippen LogP contribution in [0.4, 0.5) is 0 Å². The number of guanidine groups is 1. The third-order valence-electron chi connectivity index (χ3n) is 5.07. The third kappa shape index (κ3) is 6.31. The minimum atomic E-state index is 0. The molecule has 0 aliphatic carbocycles. The van der Waals surface area contributed by atoms with E-state index in [0.29, 0.717) is 12.6 Å². The summed E-state index contributed by atoms with van der Waals surface area (Å²) in [4.78, 5) is 6.83. The fraction of sp³-hybridized carbons (Fsp3) is 0.526. The van der Waals surface area contributed by atoms with Crippen molar-refractivity contribution in [2.45, 2.75) is 38.9 Å². The van der Waals surface area contributed by atoms with Gasteiger partial charge in [-0.05, 0) is 37.5 Å². The first-order valence-electron chi connectivity index (χ1n) is 9.34. The third-order valence-corrected chi connectivity index (χ3v) is 5.32. The quantitative estimate of drug-likeness (QED) is 0.363. The predicted molar refractivity (Wildman–Crippen MR) is 124 cm³/mol. The zero-order valence-corrected chi connectivity index (χ0v) is 19.7. The fourth-order valence-electron chi connectivity index (χ4n) is 3.24.